The van der Waals surface area contributed by atoms with Gasteiger partial charge in [0, 0.05) is 11.6 Å². The van der Waals surface area contributed by atoms with Crippen molar-refractivity contribution >= 4 is 29.3 Å². The molecule has 0 atom stereocenters. The average Bonchev–Trinajstić information content (AvgIpc) is 3.25. The van der Waals surface area contributed by atoms with Crippen LogP contribution in [0.4, 0.5) is 5.69 Å². The van der Waals surface area contributed by atoms with Gasteiger partial charge in [-0.25, -0.2) is 4.79 Å². The van der Waals surface area contributed by atoms with Gasteiger partial charge in [0.1, 0.15) is 11.5 Å². The summed E-state index contributed by atoms with van der Waals surface area (Å²) in [4.78, 5) is 47.7. The summed E-state index contributed by atoms with van der Waals surface area (Å²) in [6.07, 6.45) is 1.12. The van der Waals surface area contributed by atoms with Gasteiger partial charge in [0.2, 0.25) is 0 Å². The number of Topliss-reactive ketones (excluding diaryl/α,β-unsaturated/α-hetero) is 2. The number of hydrogen-bond donors (Lipinski definition) is 0. The number of ether oxygens (including phenoxy) is 1. The molecule has 3 aromatic rings. The van der Waals surface area contributed by atoms with Crippen LogP contribution in [0.2, 0.25) is 0 Å². The van der Waals surface area contributed by atoms with E-state index in [9.17, 15) is 24.5 Å². The molecule has 0 aliphatic rings. The SMILES string of the molecule is COC(=O)C(=O)C(=Cc1ccc(-c2ccccc2[N+](=O)[O-])o1)C(=O)c1ccccc1. The number of para-hydroxylation sites is 1. The van der Waals surface area contributed by atoms with Crippen LogP contribution in [-0.2, 0) is 14.3 Å². The molecule has 0 unspecified atom stereocenters. The Balaban J connectivity index is 2.05. The fraction of sp³-hybridized carbons (Fsp3) is 0.0455. The molecule has 0 spiro atoms. The Morgan fingerprint density at radius 2 is 1.63 bits per heavy atom. The number of nitrogens with zero attached hydrogens (tertiary/aromatic N) is 1. The van der Waals surface area contributed by atoms with Crippen LogP contribution in [0.1, 0.15) is 16.1 Å². The first-order valence-electron chi connectivity index (χ1n) is 8.70. The summed E-state index contributed by atoms with van der Waals surface area (Å²) in [6, 6.07) is 16.8. The van der Waals surface area contributed by atoms with Gasteiger partial charge in [0.25, 0.3) is 11.5 Å². The molecule has 2 aromatic carbocycles. The predicted octanol–water partition coefficient (Wildman–Crippen LogP) is 3.86. The molecule has 0 aliphatic heterocycles. The summed E-state index contributed by atoms with van der Waals surface area (Å²) in [5.41, 5.74) is -0.172. The van der Waals surface area contributed by atoms with Gasteiger partial charge in [-0.05, 0) is 24.3 Å². The summed E-state index contributed by atoms with van der Waals surface area (Å²) in [5.74, 6) is -2.77. The molecule has 1 heterocycles. The number of carbonyl (C=O) groups excluding carboxylic acids is 3. The van der Waals surface area contributed by atoms with E-state index in [1.807, 2.05) is 0 Å². The minimum atomic E-state index is -1.20. The summed E-state index contributed by atoms with van der Waals surface area (Å²) < 4.78 is 10.0. The number of hydrogen-bond acceptors (Lipinski definition) is 7. The highest BCUT2D eigenvalue weighted by molar-refractivity contribution is 6.50. The zero-order valence-corrected chi connectivity index (χ0v) is 15.7. The van der Waals surface area contributed by atoms with Crippen LogP contribution in [0.3, 0.4) is 0 Å². The van der Waals surface area contributed by atoms with Gasteiger partial charge in [-0.1, -0.05) is 42.5 Å². The molecule has 150 valence electrons. The maximum Gasteiger partial charge on any atom is 0.379 e. The van der Waals surface area contributed by atoms with E-state index >= 15 is 0 Å². The first kappa shape index (κ1) is 20.4. The molecule has 0 radical (unpaired) electrons. The average molecular weight is 405 g/mol. The molecule has 3 rings (SSSR count). The van der Waals surface area contributed by atoms with Gasteiger partial charge in [-0.2, -0.15) is 0 Å². The van der Waals surface area contributed by atoms with Crippen LogP contribution in [0.25, 0.3) is 17.4 Å². The van der Waals surface area contributed by atoms with Crippen molar-refractivity contribution in [2.24, 2.45) is 0 Å². The van der Waals surface area contributed by atoms with E-state index in [0.29, 0.717) is 0 Å². The van der Waals surface area contributed by atoms with E-state index in [1.165, 1.54) is 42.5 Å². The molecule has 8 heteroatoms. The number of nitro groups is 1. The van der Waals surface area contributed by atoms with Gasteiger partial charge >= 0.3 is 5.97 Å². The first-order valence-corrected chi connectivity index (χ1v) is 8.70. The fourth-order valence-electron chi connectivity index (χ4n) is 2.74. The third kappa shape index (κ3) is 4.22. The van der Waals surface area contributed by atoms with Crippen molar-refractivity contribution in [3.63, 3.8) is 0 Å². The number of benzene rings is 2. The lowest BCUT2D eigenvalue weighted by molar-refractivity contribution is -0.384. The quantitative estimate of drug-likeness (QED) is 0.0856. The molecule has 8 nitrogen and oxygen atoms in total. The second-order valence-corrected chi connectivity index (χ2v) is 6.05. The van der Waals surface area contributed by atoms with Crippen LogP contribution in [0.15, 0.2) is 76.7 Å². The molecule has 30 heavy (non-hydrogen) atoms. The fourth-order valence-corrected chi connectivity index (χ4v) is 2.74. The number of methoxy groups -OCH3 is 1. The van der Waals surface area contributed by atoms with Gasteiger partial charge in [0.05, 0.1) is 23.2 Å². The largest absolute Gasteiger partial charge is 0.463 e. The molecule has 0 amide bonds. The monoisotopic (exact) mass is 405 g/mol. The third-order valence-corrected chi connectivity index (χ3v) is 4.18. The minimum absolute atomic E-state index is 0.0692. The molecular weight excluding hydrogens is 390 g/mol. The molecule has 0 fully saturated rings. The molecule has 0 bridgehead atoms. The van der Waals surface area contributed by atoms with Crippen molar-refractivity contribution < 1.29 is 28.5 Å². The van der Waals surface area contributed by atoms with Crippen molar-refractivity contribution in [3.8, 4) is 11.3 Å². The number of ketones is 2. The predicted molar refractivity (Wildman–Crippen MR) is 107 cm³/mol. The summed E-state index contributed by atoms with van der Waals surface area (Å²) in [6.45, 7) is 0. The molecule has 0 aliphatic carbocycles. The summed E-state index contributed by atoms with van der Waals surface area (Å²) >= 11 is 0. The number of nitro benzene ring substituents is 1. The highest BCUT2D eigenvalue weighted by atomic mass is 16.6. The lowest BCUT2D eigenvalue weighted by atomic mass is 9.99. The van der Waals surface area contributed by atoms with Gasteiger partial charge in [0.15, 0.2) is 5.78 Å². The Labute approximate surface area is 170 Å². The van der Waals surface area contributed by atoms with Crippen molar-refractivity contribution in [3.05, 3.63) is 93.7 Å². The van der Waals surface area contributed by atoms with E-state index in [-0.39, 0.29) is 28.3 Å². The zero-order valence-electron chi connectivity index (χ0n) is 15.7. The molecular formula is C22H15NO7. The molecule has 0 saturated heterocycles. The smallest absolute Gasteiger partial charge is 0.379 e. The maximum absolute atomic E-state index is 12.8. The lowest BCUT2D eigenvalue weighted by Gasteiger charge is -2.04. The second-order valence-electron chi connectivity index (χ2n) is 6.05. The zero-order chi connectivity index (χ0) is 21.7. The molecule has 0 saturated carbocycles. The molecule has 1 aromatic heterocycles. The first-order chi connectivity index (χ1) is 14.4. The van der Waals surface area contributed by atoms with Crippen molar-refractivity contribution in [1.29, 1.82) is 0 Å². The number of carbonyl (C=O) groups is 3. The standard InChI is InChI=1S/C22H15NO7/c1-29-22(26)21(25)17(20(24)14-7-3-2-4-8-14)13-15-11-12-19(30-15)16-9-5-6-10-18(16)23(27)28/h2-13H,1H3. The highest BCUT2D eigenvalue weighted by Crippen LogP contribution is 2.31. The normalized spacial score (nSPS) is 11.0. The van der Waals surface area contributed by atoms with Crippen LogP contribution in [0.5, 0.6) is 0 Å². The van der Waals surface area contributed by atoms with E-state index in [0.717, 1.165) is 13.2 Å². The van der Waals surface area contributed by atoms with Gasteiger partial charge in [-0.3, -0.25) is 19.7 Å². The van der Waals surface area contributed by atoms with E-state index in [2.05, 4.69) is 4.74 Å². The van der Waals surface area contributed by atoms with E-state index < -0.39 is 28.0 Å². The van der Waals surface area contributed by atoms with Crippen molar-refractivity contribution in [1.82, 2.24) is 0 Å². The Hall–Kier alpha value is -4.33. The summed E-state index contributed by atoms with van der Waals surface area (Å²) in [7, 11) is 1.03. The Bertz CT molecular complexity index is 1160. The third-order valence-electron chi connectivity index (χ3n) is 4.18. The number of rotatable bonds is 7. The highest BCUT2D eigenvalue weighted by Gasteiger charge is 2.27. The maximum atomic E-state index is 12.8. The topological polar surface area (TPSA) is 117 Å². The Morgan fingerprint density at radius 1 is 0.967 bits per heavy atom. The van der Waals surface area contributed by atoms with Crippen molar-refractivity contribution in [2.75, 3.05) is 7.11 Å². The lowest BCUT2D eigenvalue weighted by Crippen LogP contribution is -2.22. The van der Waals surface area contributed by atoms with Crippen LogP contribution in [0, 0.1) is 10.1 Å². The number of esters is 1. The van der Waals surface area contributed by atoms with Crippen LogP contribution >= 0.6 is 0 Å². The summed E-state index contributed by atoms with van der Waals surface area (Å²) in [5, 5.41) is 11.2. The Morgan fingerprint density at radius 3 is 2.30 bits per heavy atom. The van der Waals surface area contributed by atoms with E-state index in [4.69, 9.17) is 4.42 Å². The van der Waals surface area contributed by atoms with Gasteiger partial charge < -0.3 is 9.15 Å². The Kier molecular flexibility index (Phi) is 5.97. The van der Waals surface area contributed by atoms with Crippen LogP contribution in [-0.4, -0.2) is 29.6 Å². The van der Waals surface area contributed by atoms with Crippen molar-refractivity contribution in [2.45, 2.75) is 0 Å². The number of furan rings is 1. The van der Waals surface area contributed by atoms with Crippen LogP contribution < -0.4 is 0 Å². The van der Waals surface area contributed by atoms with Gasteiger partial charge in [-0.15, -0.1) is 0 Å². The molecule has 0 N–H and O–H groups in total. The van der Waals surface area contributed by atoms with E-state index in [1.54, 1.807) is 24.3 Å². The second kappa shape index (κ2) is 8.78. The minimum Gasteiger partial charge on any atom is -0.463 e.